The molecule has 104 valence electrons. The van der Waals surface area contributed by atoms with Crippen molar-refractivity contribution in [2.24, 2.45) is 0 Å². The summed E-state index contributed by atoms with van der Waals surface area (Å²) in [6, 6.07) is 0.0198. The zero-order valence-electron chi connectivity index (χ0n) is 10.8. The Labute approximate surface area is 110 Å². The number of hydrogen-bond acceptors (Lipinski definition) is 4. The lowest BCUT2D eigenvalue weighted by Gasteiger charge is -2.28. The Bertz CT molecular complexity index is 378. The van der Waals surface area contributed by atoms with E-state index in [9.17, 15) is 13.5 Å². The van der Waals surface area contributed by atoms with Crippen molar-refractivity contribution in [1.29, 1.82) is 0 Å². The molecule has 0 aromatic heterocycles. The van der Waals surface area contributed by atoms with Gasteiger partial charge in [-0.15, -0.1) is 13.2 Å². The van der Waals surface area contributed by atoms with Crippen LogP contribution in [-0.4, -0.2) is 55.2 Å². The highest BCUT2D eigenvalue weighted by Gasteiger charge is 2.32. The molecule has 2 atom stereocenters. The Morgan fingerprint density at radius 2 is 2.11 bits per heavy atom. The zero-order chi connectivity index (χ0) is 13.6. The normalized spacial score (nSPS) is 24.0. The van der Waals surface area contributed by atoms with Crippen LogP contribution in [0.25, 0.3) is 0 Å². The molecule has 1 fully saturated rings. The van der Waals surface area contributed by atoms with Crippen molar-refractivity contribution in [1.82, 2.24) is 4.90 Å². The maximum absolute atomic E-state index is 11.5. The van der Waals surface area contributed by atoms with Crippen molar-refractivity contribution < 1.29 is 13.5 Å². The average molecular weight is 273 g/mol. The molecule has 0 aromatic carbocycles. The summed E-state index contributed by atoms with van der Waals surface area (Å²) >= 11 is 0. The van der Waals surface area contributed by atoms with Gasteiger partial charge in [0, 0.05) is 19.1 Å². The minimum atomic E-state index is -2.89. The molecule has 4 nitrogen and oxygen atoms in total. The van der Waals surface area contributed by atoms with E-state index in [2.05, 4.69) is 13.2 Å². The van der Waals surface area contributed by atoms with E-state index in [1.54, 1.807) is 12.2 Å². The molecular weight excluding hydrogens is 250 g/mol. The van der Waals surface area contributed by atoms with Crippen LogP contribution >= 0.6 is 0 Å². The van der Waals surface area contributed by atoms with E-state index in [0.29, 0.717) is 25.9 Å². The topological polar surface area (TPSA) is 57.6 Å². The summed E-state index contributed by atoms with van der Waals surface area (Å²) < 4.78 is 23.0. The van der Waals surface area contributed by atoms with Crippen LogP contribution < -0.4 is 0 Å². The maximum atomic E-state index is 11.5. The van der Waals surface area contributed by atoms with Crippen molar-refractivity contribution in [2.75, 3.05) is 24.6 Å². The van der Waals surface area contributed by atoms with E-state index in [4.69, 9.17) is 0 Å². The van der Waals surface area contributed by atoms with E-state index in [0.717, 1.165) is 6.42 Å². The third kappa shape index (κ3) is 4.92. The summed E-state index contributed by atoms with van der Waals surface area (Å²) in [5, 5.41) is 9.89. The minimum Gasteiger partial charge on any atom is -0.392 e. The number of nitrogens with zero attached hydrogens (tertiary/aromatic N) is 1. The molecule has 0 bridgehead atoms. The highest BCUT2D eigenvalue weighted by molar-refractivity contribution is 7.91. The molecule has 0 amide bonds. The molecule has 0 spiro atoms. The summed E-state index contributed by atoms with van der Waals surface area (Å²) in [4.78, 5) is 2.02. The highest BCUT2D eigenvalue weighted by Crippen LogP contribution is 2.18. The molecule has 5 heteroatoms. The average Bonchev–Trinajstić information content (AvgIpc) is 2.66. The first-order valence-electron chi connectivity index (χ1n) is 6.33. The molecule has 1 aliphatic rings. The van der Waals surface area contributed by atoms with Crippen molar-refractivity contribution in [3.05, 3.63) is 25.3 Å². The lowest BCUT2D eigenvalue weighted by molar-refractivity contribution is 0.0945. The highest BCUT2D eigenvalue weighted by atomic mass is 32.2. The standard InChI is InChI=1S/C13H23NO3S/c1-3-5-6-13(15)10-14(8-4-2)12-7-9-18(16,17)11-12/h3-4,12-13,15H,1-2,5-11H2. The summed E-state index contributed by atoms with van der Waals surface area (Å²) in [7, 11) is -2.89. The summed E-state index contributed by atoms with van der Waals surface area (Å²) in [6.45, 7) is 8.43. The van der Waals surface area contributed by atoms with Gasteiger partial charge in [-0.25, -0.2) is 8.42 Å². The van der Waals surface area contributed by atoms with E-state index in [1.165, 1.54) is 0 Å². The SMILES string of the molecule is C=CCCC(O)CN(CC=C)C1CCS(=O)(=O)C1. The quantitative estimate of drug-likeness (QED) is 0.670. The monoisotopic (exact) mass is 273 g/mol. The molecule has 0 saturated carbocycles. The molecule has 0 aromatic rings. The molecule has 18 heavy (non-hydrogen) atoms. The van der Waals surface area contributed by atoms with Gasteiger partial charge in [0.1, 0.15) is 0 Å². The number of aliphatic hydroxyl groups is 1. The lowest BCUT2D eigenvalue weighted by atomic mass is 10.1. The van der Waals surface area contributed by atoms with Gasteiger partial charge in [0.15, 0.2) is 9.84 Å². The smallest absolute Gasteiger partial charge is 0.151 e. The Morgan fingerprint density at radius 3 is 2.61 bits per heavy atom. The molecule has 1 saturated heterocycles. The van der Waals surface area contributed by atoms with Crippen molar-refractivity contribution >= 4 is 9.84 Å². The Kier molecular flexibility index (Phi) is 6.05. The Balaban J connectivity index is 2.54. The third-order valence-electron chi connectivity index (χ3n) is 3.24. The van der Waals surface area contributed by atoms with Crippen LogP contribution in [-0.2, 0) is 9.84 Å². The number of sulfone groups is 1. The van der Waals surface area contributed by atoms with E-state index >= 15 is 0 Å². The van der Waals surface area contributed by atoms with Crippen LogP contribution in [0.3, 0.4) is 0 Å². The summed E-state index contributed by atoms with van der Waals surface area (Å²) in [6.07, 6.45) is 5.19. The molecule has 1 aliphatic heterocycles. The predicted octanol–water partition coefficient (Wildman–Crippen LogP) is 0.989. The van der Waals surface area contributed by atoms with Crippen LogP contribution in [0.5, 0.6) is 0 Å². The number of rotatable bonds is 8. The maximum Gasteiger partial charge on any atom is 0.151 e. The summed E-state index contributed by atoms with van der Waals surface area (Å²) in [5.74, 6) is 0.461. The number of hydrogen-bond donors (Lipinski definition) is 1. The van der Waals surface area contributed by atoms with Gasteiger partial charge in [-0.3, -0.25) is 4.90 Å². The number of aliphatic hydroxyl groups excluding tert-OH is 1. The van der Waals surface area contributed by atoms with Crippen molar-refractivity contribution in [3.8, 4) is 0 Å². The first-order valence-corrected chi connectivity index (χ1v) is 8.15. The van der Waals surface area contributed by atoms with Crippen molar-refractivity contribution in [2.45, 2.75) is 31.4 Å². The molecule has 0 radical (unpaired) electrons. The van der Waals surface area contributed by atoms with Crippen LogP contribution in [0, 0.1) is 0 Å². The van der Waals surface area contributed by atoms with Crippen LogP contribution in [0.4, 0.5) is 0 Å². The largest absolute Gasteiger partial charge is 0.392 e. The van der Waals surface area contributed by atoms with Gasteiger partial charge in [-0.05, 0) is 19.3 Å². The summed E-state index contributed by atoms with van der Waals surface area (Å²) in [5.41, 5.74) is 0. The van der Waals surface area contributed by atoms with Crippen LogP contribution in [0.2, 0.25) is 0 Å². The minimum absolute atomic E-state index is 0.0198. The fraction of sp³-hybridized carbons (Fsp3) is 0.692. The molecule has 1 N–H and O–H groups in total. The van der Waals surface area contributed by atoms with Gasteiger partial charge < -0.3 is 5.11 Å². The second kappa shape index (κ2) is 7.07. The molecule has 1 heterocycles. The van der Waals surface area contributed by atoms with Crippen LogP contribution in [0.1, 0.15) is 19.3 Å². The first-order chi connectivity index (χ1) is 8.48. The lowest BCUT2D eigenvalue weighted by Crippen LogP contribution is -2.41. The zero-order valence-corrected chi connectivity index (χ0v) is 11.6. The van der Waals surface area contributed by atoms with E-state index in [1.807, 2.05) is 4.90 Å². The Morgan fingerprint density at radius 1 is 1.39 bits per heavy atom. The molecule has 0 aliphatic carbocycles. The molecular formula is C13H23NO3S. The van der Waals surface area contributed by atoms with Crippen LogP contribution in [0.15, 0.2) is 25.3 Å². The van der Waals surface area contributed by atoms with E-state index in [-0.39, 0.29) is 17.5 Å². The number of allylic oxidation sites excluding steroid dienone is 1. The van der Waals surface area contributed by atoms with Gasteiger partial charge in [-0.1, -0.05) is 12.2 Å². The van der Waals surface area contributed by atoms with Gasteiger partial charge >= 0.3 is 0 Å². The first kappa shape index (κ1) is 15.4. The third-order valence-corrected chi connectivity index (χ3v) is 4.99. The van der Waals surface area contributed by atoms with Gasteiger partial charge in [-0.2, -0.15) is 0 Å². The van der Waals surface area contributed by atoms with Crippen molar-refractivity contribution in [3.63, 3.8) is 0 Å². The molecule has 2 unspecified atom stereocenters. The Hall–Kier alpha value is -0.650. The molecule has 1 rings (SSSR count). The van der Waals surface area contributed by atoms with Gasteiger partial charge in [0.25, 0.3) is 0 Å². The fourth-order valence-electron chi connectivity index (χ4n) is 2.27. The second-order valence-corrected chi connectivity index (χ2v) is 7.05. The second-order valence-electron chi connectivity index (χ2n) is 4.82. The predicted molar refractivity (Wildman–Crippen MR) is 74.3 cm³/mol. The van der Waals surface area contributed by atoms with Gasteiger partial charge in [0.2, 0.25) is 0 Å². The fourth-order valence-corrected chi connectivity index (χ4v) is 4.04. The van der Waals surface area contributed by atoms with E-state index < -0.39 is 15.9 Å². The van der Waals surface area contributed by atoms with Gasteiger partial charge in [0.05, 0.1) is 17.6 Å².